The molecule has 0 aliphatic rings. The van der Waals surface area contributed by atoms with Gasteiger partial charge in [0, 0.05) is 11.8 Å². The minimum absolute atomic E-state index is 0.0981. The number of aromatic hydroxyl groups is 1. The second-order valence-electron chi connectivity index (χ2n) is 2.88. The van der Waals surface area contributed by atoms with E-state index in [9.17, 15) is 4.39 Å². The van der Waals surface area contributed by atoms with Crippen LogP contribution in [0.3, 0.4) is 0 Å². The molecule has 0 radical (unpaired) electrons. The lowest BCUT2D eigenvalue weighted by molar-refractivity contribution is 0.432. The second-order valence-corrected chi connectivity index (χ2v) is 3.22. The Bertz CT molecular complexity index is 505. The van der Waals surface area contributed by atoms with Gasteiger partial charge >= 0.3 is 0 Å². The van der Waals surface area contributed by atoms with Gasteiger partial charge in [-0.15, -0.1) is 0 Å². The molecule has 0 spiro atoms. The fourth-order valence-electron chi connectivity index (χ4n) is 1.16. The topological polar surface area (TPSA) is 46.0 Å². The van der Waals surface area contributed by atoms with Crippen molar-refractivity contribution in [2.45, 2.75) is 0 Å². The van der Waals surface area contributed by atoms with Crippen LogP contribution in [0, 0.1) is 5.82 Å². The maximum Gasteiger partial charge on any atom is 0.222 e. The summed E-state index contributed by atoms with van der Waals surface area (Å²) >= 11 is 5.60. The first-order valence-electron chi connectivity index (χ1n) is 4.14. The molecule has 0 bridgehead atoms. The zero-order chi connectivity index (χ0) is 10.8. The van der Waals surface area contributed by atoms with Crippen LogP contribution < -0.4 is 0 Å². The molecule has 3 nitrogen and oxygen atoms in total. The fourth-order valence-corrected chi connectivity index (χ4v) is 1.31. The SMILES string of the molecule is Oc1ccc(-c2ccnc(Cl)n2)cc1F. The van der Waals surface area contributed by atoms with Crippen LogP contribution in [0.1, 0.15) is 0 Å². The van der Waals surface area contributed by atoms with Crippen LogP contribution in [0.4, 0.5) is 4.39 Å². The number of phenols is 1. The third-order valence-corrected chi connectivity index (χ3v) is 2.05. The lowest BCUT2D eigenvalue weighted by Crippen LogP contribution is -1.87. The lowest BCUT2D eigenvalue weighted by atomic mass is 10.1. The van der Waals surface area contributed by atoms with Crippen LogP contribution in [-0.2, 0) is 0 Å². The summed E-state index contributed by atoms with van der Waals surface area (Å²) < 4.78 is 13.0. The Balaban J connectivity index is 2.50. The largest absolute Gasteiger partial charge is 0.505 e. The highest BCUT2D eigenvalue weighted by atomic mass is 35.5. The molecule has 5 heteroatoms. The van der Waals surface area contributed by atoms with Gasteiger partial charge in [-0.1, -0.05) is 0 Å². The van der Waals surface area contributed by atoms with E-state index < -0.39 is 5.82 Å². The molecular formula is C10H6ClFN2O. The first-order chi connectivity index (χ1) is 7.16. The Labute approximate surface area is 90.2 Å². The van der Waals surface area contributed by atoms with E-state index in [4.69, 9.17) is 16.7 Å². The van der Waals surface area contributed by atoms with E-state index >= 15 is 0 Å². The predicted octanol–water partition coefficient (Wildman–Crippen LogP) is 2.64. The molecule has 0 amide bonds. The number of hydrogen-bond donors (Lipinski definition) is 1. The Hall–Kier alpha value is -1.68. The summed E-state index contributed by atoms with van der Waals surface area (Å²) in [5, 5.41) is 9.11. The third kappa shape index (κ3) is 2.05. The summed E-state index contributed by atoms with van der Waals surface area (Å²) in [5.41, 5.74) is 1.04. The van der Waals surface area contributed by atoms with Crippen molar-refractivity contribution in [3.05, 3.63) is 41.6 Å². The van der Waals surface area contributed by atoms with Crippen LogP contribution in [0.25, 0.3) is 11.3 Å². The quantitative estimate of drug-likeness (QED) is 0.758. The smallest absolute Gasteiger partial charge is 0.222 e. The maximum atomic E-state index is 13.0. The first kappa shape index (κ1) is 9.86. The summed E-state index contributed by atoms with van der Waals surface area (Å²) in [5.74, 6) is -1.08. The number of benzene rings is 1. The molecule has 2 rings (SSSR count). The molecular weight excluding hydrogens is 219 g/mol. The van der Waals surface area contributed by atoms with Crippen LogP contribution in [0.2, 0.25) is 5.28 Å². The molecule has 0 unspecified atom stereocenters. The minimum Gasteiger partial charge on any atom is -0.505 e. The zero-order valence-electron chi connectivity index (χ0n) is 7.48. The maximum absolute atomic E-state index is 13.0. The lowest BCUT2D eigenvalue weighted by Gasteiger charge is -2.01. The normalized spacial score (nSPS) is 10.3. The molecule has 0 fully saturated rings. The van der Waals surface area contributed by atoms with E-state index in [1.54, 1.807) is 12.1 Å². The summed E-state index contributed by atoms with van der Waals surface area (Å²) in [6, 6.07) is 5.61. The average molecular weight is 225 g/mol. The van der Waals surface area contributed by atoms with Gasteiger partial charge in [-0.25, -0.2) is 14.4 Å². The number of hydrogen-bond acceptors (Lipinski definition) is 3. The number of rotatable bonds is 1. The van der Waals surface area contributed by atoms with Gasteiger partial charge in [-0.05, 0) is 35.9 Å². The zero-order valence-corrected chi connectivity index (χ0v) is 8.24. The number of halogens is 2. The Morgan fingerprint density at radius 3 is 2.73 bits per heavy atom. The molecule has 1 N–H and O–H groups in total. The van der Waals surface area contributed by atoms with Gasteiger partial charge < -0.3 is 5.11 Å². The van der Waals surface area contributed by atoms with Crippen LogP contribution in [0.5, 0.6) is 5.75 Å². The van der Waals surface area contributed by atoms with Crippen molar-refractivity contribution in [3.8, 4) is 17.0 Å². The van der Waals surface area contributed by atoms with Gasteiger partial charge in [-0.2, -0.15) is 0 Å². The minimum atomic E-state index is -0.692. The average Bonchev–Trinajstić information content (AvgIpc) is 2.22. The van der Waals surface area contributed by atoms with E-state index in [1.165, 1.54) is 18.3 Å². The Kier molecular flexibility index (Phi) is 2.51. The highest BCUT2D eigenvalue weighted by Crippen LogP contribution is 2.23. The monoisotopic (exact) mass is 224 g/mol. The van der Waals surface area contributed by atoms with Gasteiger partial charge in [0.2, 0.25) is 5.28 Å². The van der Waals surface area contributed by atoms with E-state index in [1.807, 2.05) is 0 Å². The van der Waals surface area contributed by atoms with Crippen molar-refractivity contribution in [2.75, 3.05) is 0 Å². The van der Waals surface area contributed by atoms with E-state index in [2.05, 4.69) is 9.97 Å². The molecule has 0 atom stereocenters. The van der Waals surface area contributed by atoms with Crippen molar-refractivity contribution in [2.24, 2.45) is 0 Å². The molecule has 0 aliphatic carbocycles. The highest BCUT2D eigenvalue weighted by Gasteiger charge is 2.05. The van der Waals surface area contributed by atoms with Gasteiger partial charge in [0.05, 0.1) is 5.69 Å². The predicted molar refractivity (Wildman–Crippen MR) is 54.1 cm³/mol. The number of nitrogens with zero attached hydrogens (tertiary/aromatic N) is 2. The summed E-state index contributed by atoms with van der Waals surface area (Å²) in [6.45, 7) is 0. The van der Waals surface area contributed by atoms with E-state index in [0.717, 1.165) is 0 Å². The molecule has 0 aliphatic heterocycles. The molecule has 2 aromatic rings. The molecule has 15 heavy (non-hydrogen) atoms. The van der Waals surface area contributed by atoms with E-state index in [-0.39, 0.29) is 11.0 Å². The van der Waals surface area contributed by atoms with Crippen molar-refractivity contribution in [1.82, 2.24) is 9.97 Å². The molecule has 76 valence electrons. The van der Waals surface area contributed by atoms with E-state index in [0.29, 0.717) is 11.3 Å². The van der Waals surface area contributed by atoms with Crippen LogP contribution in [-0.4, -0.2) is 15.1 Å². The standard InChI is InChI=1S/C10H6ClFN2O/c11-10-13-4-3-8(14-10)6-1-2-9(15)7(12)5-6/h1-5,15H. The van der Waals surface area contributed by atoms with Gasteiger partial charge in [0.15, 0.2) is 11.6 Å². The van der Waals surface area contributed by atoms with Crippen LogP contribution in [0.15, 0.2) is 30.5 Å². The molecule has 1 heterocycles. The van der Waals surface area contributed by atoms with Gasteiger partial charge in [-0.3, -0.25) is 0 Å². The van der Waals surface area contributed by atoms with Crippen molar-refractivity contribution < 1.29 is 9.50 Å². The summed E-state index contributed by atoms with van der Waals surface area (Å²) in [7, 11) is 0. The number of phenolic OH excluding ortho intramolecular Hbond substituents is 1. The second kappa shape index (κ2) is 3.82. The Morgan fingerprint density at radius 2 is 2.07 bits per heavy atom. The number of aromatic nitrogens is 2. The third-order valence-electron chi connectivity index (χ3n) is 1.87. The van der Waals surface area contributed by atoms with Crippen molar-refractivity contribution in [3.63, 3.8) is 0 Å². The molecule has 1 aromatic heterocycles. The summed E-state index contributed by atoms with van der Waals surface area (Å²) in [4.78, 5) is 7.64. The highest BCUT2D eigenvalue weighted by molar-refractivity contribution is 6.28. The van der Waals surface area contributed by atoms with Gasteiger partial charge in [0.1, 0.15) is 0 Å². The molecule has 0 saturated heterocycles. The van der Waals surface area contributed by atoms with Crippen molar-refractivity contribution in [1.29, 1.82) is 0 Å². The van der Waals surface area contributed by atoms with Crippen molar-refractivity contribution >= 4 is 11.6 Å². The summed E-state index contributed by atoms with van der Waals surface area (Å²) in [6.07, 6.45) is 1.48. The molecule has 1 aromatic carbocycles. The first-order valence-corrected chi connectivity index (χ1v) is 4.52. The van der Waals surface area contributed by atoms with Crippen LogP contribution >= 0.6 is 11.6 Å². The fraction of sp³-hybridized carbons (Fsp3) is 0. The molecule has 0 saturated carbocycles. The Morgan fingerprint density at radius 1 is 1.27 bits per heavy atom. The van der Waals surface area contributed by atoms with Gasteiger partial charge in [0.25, 0.3) is 0 Å².